The molecule has 3 heterocycles. The van der Waals surface area contributed by atoms with Crippen molar-refractivity contribution >= 4 is 35.2 Å². The summed E-state index contributed by atoms with van der Waals surface area (Å²) >= 11 is 1.68. The van der Waals surface area contributed by atoms with Crippen molar-refractivity contribution < 1.29 is 13.6 Å². The maximum absolute atomic E-state index is 14.6. The van der Waals surface area contributed by atoms with Crippen molar-refractivity contribution in [2.45, 2.75) is 42.6 Å². The molecule has 6 nitrogen and oxygen atoms in total. The third-order valence-electron chi connectivity index (χ3n) is 7.21. The number of carbonyl (C=O) groups excluding carboxylic acids is 1. The highest BCUT2D eigenvalue weighted by Gasteiger charge is 2.67. The lowest BCUT2D eigenvalue weighted by molar-refractivity contribution is -0.117. The number of aliphatic imine (C=N–C) groups is 1. The average Bonchev–Trinajstić information content (AvgIpc) is 3.35. The summed E-state index contributed by atoms with van der Waals surface area (Å²) < 4.78 is 27.0. The molecule has 1 saturated carbocycles. The lowest BCUT2D eigenvalue weighted by Gasteiger charge is -2.45. The molecule has 2 aromatic rings. The van der Waals surface area contributed by atoms with E-state index in [0.29, 0.717) is 42.6 Å². The van der Waals surface area contributed by atoms with Gasteiger partial charge < -0.3 is 10.6 Å². The molecular weight excluding hydrogens is 468 g/mol. The fourth-order valence-corrected chi connectivity index (χ4v) is 6.53. The predicted molar refractivity (Wildman–Crippen MR) is 133 cm³/mol. The number of benzene rings is 1. The van der Waals surface area contributed by atoms with Crippen LogP contribution in [0.25, 0.3) is 11.9 Å². The SMILES string of the molecule is C[C@]12C[C@H]1[C@]1(Cc3ccc(/C=C(\F)c4ccc(C#N)cn4)cc31)N=C(N)S2.O=CN1CC[C@@H](F)C1. The van der Waals surface area contributed by atoms with Gasteiger partial charge in [-0.05, 0) is 60.7 Å². The first-order chi connectivity index (χ1) is 16.8. The van der Waals surface area contributed by atoms with Gasteiger partial charge in [0.15, 0.2) is 5.17 Å². The Kier molecular flexibility index (Phi) is 5.88. The molecule has 4 aliphatic rings. The number of pyridine rings is 1. The van der Waals surface area contributed by atoms with Gasteiger partial charge in [0.25, 0.3) is 0 Å². The molecule has 180 valence electrons. The van der Waals surface area contributed by atoms with E-state index >= 15 is 0 Å². The Morgan fingerprint density at radius 2 is 2.20 bits per heavy atom. The minimum Gasteiger partial charge on any atom is -0.378 e. The molecule has 0 unspecified atom stereocenters. The fraction of sp³-hybridized carbons (Fsp3) is 0.385. The van der Waals surface area contributed by atoms with Crippen LogP contribution >= 0.6 is 11.8 Å². The first-order valence-electron chi connectivity index (χ1n) is 11.5. The number of hydrogen-bond acceptors (Lipinski definition) is 6. The molecular formula is C26H25F2N5OS. The normalized spacial score (nSPS) is 30.2. The Morgan fingerprint density at radius 1 is 1.37 bits per heavy atom. The van der Waals surface area contributed by atoms with E-state index in [1.54, 1.807) is 17.8 Å². The third kappa shape index (κ3) is 4.31. The van der Waals surface area contributed by atoms with Crippen LogP contribution in [0.5, 0.6) is 0 Å². The Labute approximate surface area is 206 Å². The molecule has 1 amide bonds. The number of fused-ring (bicyclic) bond motifs is 4. The number of aromatic nitrogens is 1. The van der Waals surface area contributed by atoms with E-state index in [4.69, 9.17) is 16.0 Å². The minimum atomic E-state index is -0.778. The largest absolute Gasteiger partial charge is 0.378 e. The number of amides is 1. The minimum absolute atomic E-state index is 0.188. The summed E-state index contributed by atoms with van der Waals surface area (Å²) in [6.07, 6.45) is 5.31. The first kappa shape index (κ1) is 23.5. The smallest absolute Gasteiger partial charge is 0.209 e. The molecule has 1 aromatic heterocycles. The van der Waals surface area contributed by atoms with Crippen LogP contribution in [0, 0.1) is 17.2 Å². The number of nitrogens with two attached hydrogens (primary N) is 1. The highest BCUT2D eigenvalue weighted by molar-refractivity contribution is 8.15. The molecule has 2 aliphatic heterocycles. The van der Waals surface area contributed by atoms with Crippen LogP contribution in [0.3, 0.4) is 0 Å². The standard InChI is InChI=1S/C21H17FN4S.C5H8FNO/c1-20-9-18(20)21(26-19(24)27-20)8-14-4-2-12(6-15(14)21)7-16(22)17-5-3-13(10-23)11-25-17;6-5-1-2-7(3-5)4-8/h2-7,11,18H,8-9H2,1H3,(H2,24,26);4-5H,1-3H2/b16-7-;/t18-,20+,21-;5-/m11/s1. The molecule has 6 rings (SSSR count). The summed E-state index contributed by atoms with van der Waals surface area (Å²) in [6.45, 7) is 3.14. The zero-order valence-electron chi connectivity index (χ0n) is 19.2. The van der Waals surface area contributed by atoms with Crippen molar-refractivity contribution in [2.75, 3.05) is 13.1 Å². The summed E-state index contributed by atoms with van der Waals surface area (Å²) in [5, 5.41) is 9.49. The fourth-order valence-electron chi connectivity index (χ4n) is 5.26. The molecule has 35 heavy (non-hydrogen) atoms. The van der Waals surface area contributed by atoms with Gasteiger partial charge in [-0.15, -0.1) is 0 Å². The van der Waals surface area contributed by atoms with Gasteiger partial charge in [-0.2, -0.15) is 5.26 Å². The van der Waals surface area contributed by atoms with Gasteiger partial charge in [0.1, 0.15) is 18.1 Å². The summed E-state index contributed by atoms with van der Waals surface area (Å²) in [6, 6.07) is 11.1. The average molecular weight is 494 g/mol. The Hall–Kier alpha value is -3.25. The van der Waals surface area contributed by atoms with Gasteiger partial charge in [0.2, 0.25) is 6.41 Å². The quantitative estimate of drug-likeness (QED) is 0.647. The van der Waals surface area contributed by atoms with Crippen molar-refractivity contribution in [3.8, 4) is 6.07 Å². The second-order valence-electron chi connectivity index (χ2n) is 9.66. The Bertz CT molecular complexity index is 1270. The molecule has 1 saturated heterocycles. The van der Waals surface area contributed by atoms with Crippen molar-refractivity contribution in [3.05, 3.63) is 64.5 Å². The zero-order valence-corrected chi connectivity index (χ0v) is 20.1. The molecule has 2 aliphatic carbocycles. The Morgan fingerprint density at radius 3 is 2.83 bits per heavy atom. The Balaban J connectivity index is 0.000000271. The molecule has 1 aromatic carbocycles. The number of nitriles is 1. The highest BCUT2D eigenvalue weighted by atomic mass is 32.2. The van der Waals surface area contributed by atoms with Crippen LogP contribution in [-0.2, 0) is 16.8 Å². The number of alkyl halides is 1. The van der Waals surface area contributed by atoms with Gasteiger partial charge >= 0.3 is 0 Å². The van der Waals surface area contributed by atoms with Crippen molar-refractivity contribution in [1.82, 2.24) is 9.88 Å². The molecule has 9 heteroatoms. The number of rotatable bonds is 3. The number of carbonyl (C=O) groups is 1. The second kappa shape index (κ2) is 8.76. The van der Waals surface area contributed by atoms with Crippen molar-refractivity contribution in [1.29, 1.82) is 5.26 Å². The topological polar surface area (TPSA) is 95.4 Å². The second-order valence-corrected chi connectivity index (χ2v) is 11.2. The summed E-state index contributed by atoms with van der Waals surface area (Å²) in [5.74, 6) is 0.0744. The number of hydrogen-bond donors (Lipinski definition) is 1. The lowest BCUT2D eigenvalue weighted by atomic mass is 9.67. The van der Waals surface area contributed by atoms with E-state index in [9.17, 15) is 13.6 Å². The number of nitrogens with zero attached hydrogens (tertiary/aromatic N) is 4. The van der Waals surface area contributed by atoms with Crippen molar-refractivity contribution in [2.24, 2.45) is 16.6 Å². The number of amidine groups is 1. The maximum Gasteiger partial charge on any atom is 0.209 e. The van der Waals surface area contributed by atoms with Gasteiger partial charge in [-0.25, -0.2) is 8.78 Å². The van der Waals surface area contributed by atoms with Crippen LogP contribution in [0.4, 0.5) is 8.78 Å². The number of halogens is 2. The van der Waals surface area contributed by atoms with Crippen LogP contribution in [-0.4, -0.2) is 45.5 Å². The summed E-state index contributed by atoms with van der Waals surface area (Å²) in [7, 11) is 0. The van der Waals surface area contributed by atoms with E-state index in [2.05, 4.69) is 18.0 Å². The monoisotopic (exact) mass is 493 g/mol. The van der Waals surface area contributed by atoms with Gasteiger partial charge in [-0.1, -0.05) is 23.9 Å². The van der Waals surface area contributed by atoms with E-state index < -0.39 is 12.0 Å². The highest BCUT2D eigenvalue weighted by Crippen LogP contribution is 2.69. The predicted octanol–water partition coefficient (Wildman–Crippen LogP) is 4.20. The number of thioether (sulfide) groups is 1. The third-order valence-corrected chi connectivity index (χ3v) is 8.43. The molecule has 2 N–H and O–H groups in total. The van der Waals surface area contributed by atoms with Crippen LogP contribution in [0.2, 0.25) is 0 Å². The molecule has 0 bridgehead atoms. The molecule has 0 radical (unpaired) electrons. The van der Waals surface area contributed by atoms with Gasteiger partial charge in [-0.3, -0.25) is 14.8 Å². The summed E-state index contributed by atoms with van der Waals surface area (Å²) in [5.41, 5.74) is 9.73. The molecule has 1 spiro atoms. The van der Waals surface area contributed by atoms with E-state index in [0.717, 1.165) is 18.4 Å². The van der Waals surface area contributed by atoms with Crippen LogP contribution < -0.4 is 5.73 Å². The zero-order chi connectivity index (χ0) is 24.8. The summed E-state index contributed by atoms with van der Waals surface area (Å²) in [4.78, 5) is 20.2. The van der Waals surface area contributed by atoms with Gasteiger partial charge in [0.05, 0.1) is 23.3 Å². The van der Waals surface area contributed by atoms with E-state index in [1.807, 2.05) is 18.2 Å². The maximum atomic E-state index is 14.6. The molecule has 2 fully saturated rings. The van der Waals surface area contributed by atoms with Crippen LogP contribution in [0.1, 0.15) is 47.7 Å². The number of likely N-dealkylation sites (tertiary alicyclic amines) is 1. The van der Waals surface area contributed by atoms with Crippen molar-refractivity contribution in [3.63, 3.8) is 0 Å². The van der Waals surface area contributed by atoms with Crippen LogP contribution in [0.15, 0.2) is 41.5 Å². The first-order valence-corrected chi connectivity index (χ1v) is 12.3. The van der Waals surface area contributed by atoms with E-state index in [1.165, 1.54) is 34.4 Å². The molecule has 4 atom stereocenters. The van der Waals surface area contributed by atoms with Gasteiger partial charge in [0, 0.05) is 29.8 Å². The van der Waals surface area contributed by atoms with E-state index in [-0.39, 0.29) is 16.0 Å². The lowest BCUT2D eigenvalue weighted by Crippen LogP contribution is -2.45.